The Hall–Kier alpha value is -3.61. The van der Waals surface area contributed by atoms with Crippen molar-refractivity contribution in [3.63, 3.8) is 0 Å². The van der Waals surface area contributed by atoms with E-state index >= 15 is 0 Å². The lowest BCUT2D eigenvalue weighted by molar-refractivity contribution is -0.132. The number of carbonyl (C=O) groups excluding carboxylic acids is 2. The zero-order chi connectivity index (χ0) is 24.6. The molecule has 1 aromatic heterocycles. The van der Waals surface area contributed by atoms with E-state index in [1.54, 1.807) is 24.2 Å². The zero-order valence-corrected chi connectivity index (χ0v) is 20.5. The monoisotopic (exact) mass is 474 g/mol. The lowest BCUT2D eigenvalue weighted by Crippen LogP contribution is -2.35. The van der Waals surface area contributed by atoms with E-state index in [0.29, 0.717) is 5.82 Å². The van der Waals surface area contributed by atoms with Gasteiger partial charge in [0.15, 0.2) is 5.82 Å². The summed E-state index contributed by atoms with van der Waals surface area (Å²) in [5.74, 6) is 1.04. The van der Waals surface area contributed by atoms with Crippen molar-refractivity contribution in [2.75, 3.05) is 25.5 Å². The van der Waals surface area contributed by atoms with Gasteiger partial charge in [0.25, 0.3) is 0 Å². The largest absolute Gasteiger partial charge is 0.497 e. The maximum atomic E-state index is 13.4. The first-order chi connectivity index (χ1) is 17.0. The summed E-state index contributed by atoms with van der Waals surface area (Å²) in [6.45, 7) is 3.48. The number of hydrogen-bond donors (Lipinski definition) is 1. The van der Waals surface area contributed by atoms with Gasteiger partial charge >= 0.3 is 0 Å². The second kappa shape index (κ2) is 11.7. The highest BCUT2D eigenvalue weighted by Crippen LogP contribution is 2.26. The molecular formula is C28H34N4O3. The van der Waals surface area contributed by atoms with Gasteiger partial charge in [-0.2, -0.15) is 0 Å². The fourth-order valence-electron chi connectivity index (χ4n) is 4.52. The van der Waals surface area contributed by atoms with Crippen molar-refractivity contribution in [1.82, 2.24) is 14.5 Å². The van der Waals surface area contributed by atoms with Crippen LogP contribution >= 0.6 is 0 Å². The molecule has 0 saturated carbocycles. The van der Waals surface area contributed by atoms with Crippen molar-refractivity contribution in [2.24, 2.45) is 5.92 Å². The van der Waals surface area contributed by atoms with Gasteiger partial charge in [0, 0.05) is 25.2 Å². The van der Waals surface area contributed by atoms with Crippen LogP contribution in [-0.2, 0) is 16.0 Å². The molecule has 184 valence electrons. The second-order valence-corrected chi connectivity index (χ2v) is 9.18. The lowest BCUT2D eigenvalue weighted by atomic mass is 10.0. The molecule has 1 N–H and O–H groups in total. The number of aromatic nitrogens is 2. The summed E-state index contributed by atoms with van der Waals surface area (Å²) in [5, 5.41) is 2.93. The summed E-state index contributed by atoms with van der Waals surface area (Å²) < 4.78 is 7.07. The van der Waals surface area contributed by atoms with E-state index in [0.717, 1.165) is 56.5 Å². The van der Waals surface area contributed by atoms with Crippen LogP contribution in [0.5, 0.6) is 5.75 Å². The smallest absolute Gasteiger partial charge is 0.250 e. The molecule has 0 spiro atoms. The SMILES string of the molecule is COc1ccc(C(C(=O)N2CCCC2)n2cnc(NC(=O)C(C)CCCc3ccccc3)c2)cc1. The average Bonchev–Trinajstić information content (AvgIpc) is 3.58. The van der Waals surface area contributed by atoms with Crippen LogP contribution in [0, 0.1) is 5.92 Å². The minimum absolute atomic E-state index is 0.0391. The number of ether oxygens (including phenoxy) is 1. The number of carbonyl (C=O) groups is 2. The zero-order valence-electron chi connectivity index (χ0n) is 20.5. The van der Waals surface area contributed by atoms with E-state index in [-0.39, 0.29) is 17.7 Å². The number of imidazole rings is 1. The lowest BCUT2D eigenvalue weighted by Gasteiger charge is -2.24. The summed E-state index contributed by atoms with van der Waals surface area (Å²) in [6, 6.07) is 17.3. The molecular weight excluding hydrogens is 440 g/mol. The second-order valence-electron chi connectivity index (χ2n) is 9.18. The van der Waals surface area contributed by atoms with Gasteiger partial charge in [0.05, 0.1) is 13.4 Å². The van der Waals surface area contributed by atoms with Crippen molar-refractivity contribution < 1.29 is 14.3 Å². The molecule has 2 amide bonds. The van der Waals surface area contributed by atoms with Gasteiger partial charge in [-0.1, -0.05) is 49.4 Å². The molecule has 1 saturated heterocycles. The van der Waals surface area contributed by atoms with Crippen molar-refractivity contribution in [1.29, 1.82) is 0 Å². The highest BCUT2D eigenvalue weighted by Gasteiger charge is 2.29. The Morgan fingerprint density at radius 3 is 2.46 bits per heavy atom. The van der Waals surface area contributed by atoms with Gasteiger partial charge in [-0.3, -0.25) is 9.59 Å². The number of rotatable bonds is 10. The van der Waals surface area contributed by atoms with Crippen molar-refractivity contribution in [3.8, 4) is 5.75 Å². The Morgan fingerprint density at radius 2 is 1.77 bits per heavy atom. The van der Waals surface area contributed by atoms with Crippen molar-refractivity contribution in [3.05, 3.63) is 78.2 Å². The molecule has 2 unspecified atom stereocenters. The predicted octanol–water partition coefficient (Wildman–Crippen LogP) is 4.70. The molecule has 1 aliphatic heterocycles. The van der Waals surface area contributed by atoms with Crippen molar-refractivity contribution in [2.45, 2.75) is 45.1 Å². The van der Waals surface area contributed by atoms with E-state index in [1.165, 1.54) is 5.56 Å². The van der Waals surface area contributed by atoms with Crippen LogP contribution in [0.25, 0.3) is 0 Å². The Bertz CT molecular complexity index is 1100. The highest BCUT2D eigenvalue weighted by atomic mass is 16.5. The van der Waals surface area contributed by atoms with E-state index in [1.807, 2.05) is 54.3 Å². The van der Waals surface area contributed by atoms with E-state index < -0.39 is 6.04 Å². The summed E-state index contributed by atoms with van der Waals surface area (Å²) >= 11 is 0. The number of nitrogens with one attached hydrogen (secondary N) is 1. The van der Waals surface area contributed by atoms with Gasteiger partial charge in [-0.05, 0) is 55.4 Å². The molecule has 2 atom stereocenters. The molecule has 7 nitrogen and oxygen atoms in total. The fourth-order valence-corrected chi connectivity index (χ4v) is 4.52. The normalized spacial score (nSPS) is 15.0. The summed E-state index contributed by atoms with van der Waals surface area (Å²) in [5.41, 5.74) is 2.14. The molecule has 0 aliphatic carbocycles. The highest BCUT2D eigenvalue weighted by molar-refractivity contribution is 5.91. The number of aryl methyl sites for hydroxylation is 1. The predicted molar refractivity (Wildman–Crippen MR) is 136 cm³/mol. The van der Waals surface area contributed by atoms with E-state index in [4.69, 9.17) is 4.74 Å². The molecule has 3 aromatic rings. The molecule has 4 rings (SSSR count). The Balaban J connectivity index is 1.42. The number of methoxy groups -OCH3 is 1. The number of likely N-dealkylation sites (tertiary alicyclic amines) is 1. The Morgan fingerprint density at radius 1 is 1.06 bits per heavy atom. The molecule has 35 heavy (non-hydrogen) atoms. The first-order valence-corrected chi connectivity index (χ1v) is 12.4. The quantitative estimate of drug-likeness (QED) is 0.462. The molecule has 0 radical (unpaired) electrons. The third-order valence-electron chi connectivity index (χ3n) is 6.63. The molecule has 7 heteroatoms. The van der Waals surface area contributed by atoms with Gasteiger partial charge in [0.2, 0.25) is 11.8 Å². The van der Waals surface area contributed by atoms with Crippen LogP contribution in [0.4, 0.5) is 5.82 Å². The number of nitrogens with zero attached hydrogens (tertiary/aromatic N) is 3. The van der Waals surface area contributed by atoms with Crippen LogP contribution < -0.4 is 10.1 Å². The molecule has 0 bridgehead atoms. The van der Waals surface area contributed by atoms with Crippen molar-refractivity contribution >= 4 is 17.6 Å². The molecule has 1 fully saturated rings. The number of amides is 2. The average molecular weight is 475 g/mol. The fraction of sp³-hybridized carbons (Fsp3) is 0.393. The molecule has 2 aromatic carbocycles. The van der Waals surface area contributed by atoms with Crippen LogP contribution in [0.3, 0.4) is 0 Å². The summed E-state index contributed by atoms with van der Waals surface area (Å²) in [6.07, 6.45) is 8.11. The van der Waals surface area contributed by atoms with Gasteiger partial charge in [-0.25, -0.2) is 4.98 Å². The molecule has 2 heterocycles. The topological polar surface area (TPSA) is 76.5 Å². The number of anilines is 1. The van der Waals surface area contributed by atoms with Gasteiger partial charge < -0.3 is 19.5 Å². The van der Waals surface area contributed by atoms with E-state index in [9.17, 15) is 9.59 Å². The van der Waals surface area contributed by atoms with Gasteiger partial charge in [-0.15, -0.1) is 0 Å². The van der Waals surface area contributed by atoms with Gasteiger partial charge in [0.1, 0.15) is 11.8 Å². The Kier molecular flexibility index (Phi) is 8.19. The van der Waals surface area contributed by atoms with Crippen LogP contribution in [0.1, 0.15) is 49.8 Å². The Labute approximate surface area is 207 Å². The van der Waals surface area contributed by atoms with E-state index in [2.05, 4.69) is 22.4 Å². The summed E-state index contributed by atoms with van der Waals surface area (Å²) in [4.78, 5) is 32.5. The number of benzene rings is 2. The van der Waals surface area contributed by atoms with Crippen LogP contribution in [-0.4, -0.2) is 46.5 Å². The first-order valence-electron chi connectivity index (χ1n) is 12.4. The third kappa shape index (κ3) is 6.29. The van der Waals surface area contributed by atoms with Crippen LogP contribution in [0.2, 0.25) is 0 Å². The van der Waals surface area contributed by atoms with Crippen LogP contribution in [0.15, 0.2) is 67.1 Å². The first kappa shape index (κ1) is 24.5. The standard InChI is InChI=1S/C28H34N4O3/c1-21(9-8-12-22-10-4-3-5-11-22)27(33)30-25-19-32(20-29-25)26(28(34)31-17-6-7-18-31)23-13-15-24(35-2)16-14-23/h3-5,10-11,13-16,19-21,26H,6-9,12,17-18H2,1-2H3,(H,30,33). The third-order valence-corrected chi connectivity index (χ3v) is 6.63. The summed E-state index contributed by atoms with van der Waals surface area (Å²) in [7, 11) is 1.62. The maximum absolute atomic E-state index is 13.4. The minimum Gasteiger partial charge on any atom is -0.497 e. The minimum atomic E-state index is -0.541. The number of hydrogen-bond acceptors (Lipinski definition) is 4. The molecule has 1 aliphatic rings. The maximum Gasteiger partial charge on any atom is 0.250 e.